The summed E-state index contributed by atoms with van der Waals surface area (Å²) in [6.45, 7) is 8.06. The van der Waals surface area contributed by atoms with Crippen molar-refractivity contribution in [3.8, 4) is 0 Å². The van der Waals surface area contributed by atoms with Gasteiger partial charge in [-0.1, -0.05) is 50.3 Å². The van der Waals surface area contributed by atoms with Crippen molar-refractivity contribution in [2.24, 2.45) is 5.92 Å². The molecule has 1 saturated heterocycles. The molecule has 2 N–H and O–H groups in total. The second-order valence-corrected chi connectivity index (χ2v) is 9.34. The van der Waals surface area contributed by atoms with Crippen LogP contribution in [0.25, 0.3) is 0 Å². The van der Waals surface area contributed by atoms with Crippen molar-refractivity contribution < 1.29 is 19.2 Å². The number of benzene rings is 1. The van der Waals surface area contributed by atoms with Gasteiger partial charge in [-0.2, -0.15) is 0 Å². The molecule has 0 bridgehead atoms. The minimum Gasteiger partial charge on any atom is -0.352 e. The number of nitrogens with one attached hydrogen (secondary N) is 2. The SMILES string of the molecule is C/C(=C\[C@H](C(C)C)N(C)C(=O)CNC=O)C(=O)N1CCC[C@H]1C(=O)NC(C)Cc1ccccc1. The van der Waals surface area contributed by atoms with E-state index in [1.165, 1.54) is 4.90 Å². The highest BCUT2D eigenvalue weighted by Gasteiger charge is 2.35. The lowest BCUT2D eigenvalue weighted by molar-refractivity contribution is -0.136. The molecule has 1 aliphatic heterocycles. The Morgan fingerprint density at radius 3 is 2.47 bits per heavy atom. The minimum atomic E-state index is -0.497. The molecule has 186 valence electrons. The Hall–Kier alpha value is -3.16. The Balaban J connectivity index is 2.06. The zero-order valence-corrected chi connectivity index (χ0v) is 20.9. The first-order valence-electron chi connectivity index (χ1n) is 11.9. The number of hydrogen-bond acceptors (Lipinski definition) is 4. The highest BCUT2D eigenvalue weighted by atomic mass is 16.2. The van der Waals surface area contributed by atoms with E-state index in [-0.39, 0.29) is 42.3 Å². The van der Waals surface area contributed by atoms with E-state index in [4.69, 9.17) is 0 Å². The minimum absolute atomic E-state index is 0.0472. The van der Waals surface area contributed by atoms with Gasteiger partial charge >= 0.3 is 0 Å². The van der Waals surface area contributed by atoms with Gasteiger partial charge in [0, 0.05) is 25.2 Å². The second kappa shape index (κ2) is 12.9. The van der Waals surface area contributed by atoms with Gasteiger partial charge in [-0.15, -0.1) is 0 Å². The van der Waals surface area contributed by atoms with Gasteiger partial charge in [0.2, 0.25) is 24.1 Å². The maximum atomic E-state index is 13.3. The van der Waals surface area contributed by atoms with Crippen molar-refractivity contribution in [2.45, 2.75) is 65.1 Å². The Morgan fingerprint density at radius 2 is 1.85 bits per heavy atom. The summed E-state index contributed by atoms with van der Waals surface area (Å²) in [5.41, 5.74) is 1.65. The fourth-order valence-corrected chi connectivity index (χ4v) is 4.37. The molecule has 2 rings (SSSR count). The van der Waals surface area contributed by atoms with Crippen LogP contribution in [0.4, 0.5) is 0 Å². The van der Waals surface area contributed by atoms with Crippen LogP contribution in [-0.4, -0.2) is 72.2 Å². The Bertz CT molecular complexity index is 884. The third-order valence-corrected chi connectivity index (χ3v) is 6.21. The largest absolute Gasteiger partial charge is 0.352 e. The third kappa shape index (κ3) is 7.43. The van der Waals surface area contributed by atoms with Crippen molar-refractivity contribution in [1.82, 2.24) is 20.4 Å². The van der Waals surface area contributed by atoms with Gasteiger partial charge in [0.1, 0.15) is 6.04 Å². The summed E-state index contributed by atoms with van der Waals surface area (Å²) in [6.07, 6.45) is 4.40. The van der Waals surface area contributed by atoms with Gasteiger partial charge in [0.25, 0.3) is 0 Å². The van der Waals surface area contributed by atoms with E-state index >= 15 is 0 Å². The average Bonchev–Trinajstić information content (AvgIpc) is 3.30. The van der Waals surface area contributed by atoms with E-state index in [9.17, 15) is 19.2 Å². The van der Waals surface area contributed by atoms with E-state index in [0.29, 0.717) is 24.9 Å². The lowest BCUT2D eigenvalue weighted by Gasteiger charge is -2.30. The van der Waals surface area contributed by atoms with Gasteiger partial charge in [-0.3, -0.25) is 19.2 Å². The first-order chi connectivity index (χ1) is 16.1. The quantitative estimate of drug-likeness (QED) is 0.381. The molecule has 34 heavy (non-hydrogen) atoms. The van der Waals surface area contributed by atoms with E-state index < -0.39 is 6.04 Å². The van der Waals surface area contributed by atoms with Crippen LogP contribution in [0.15, 0.2) is 42.0 Å². The van der Waals surface area contributed by atoms with Gasteiger partial charge < -0.3 is 20.4 Å². The Kier molecular flexibility index (Phi) is 10.3. The van der Waals surface area contributed by atoms with Gasteiger partial charge in [-0.25, -0.2) is 0 Å². The summed E-state index contributed by atoms with van der Waals surface area (Å²) in [4.78, 5) is 52.3. The van der Waals surface area contributed by atoms with E-state index in [1.54, 1.807) is 24.9 Å². The first kappa shape index (κ1) is 27.1. The summed E-state index contributed by atoms with van der Waals surface area (Å²) in [7, 11) is 1.66. The third-order valence-electron chi connectivity index (χ3n) is 6.21. The lowest BCUT2D eigenvalue weighted by atomic mass is 9.99. The fraction of sp³-hybridized carbons (Fsp3) is 0.538. The molecule has 0 radical (unpaired) electrons. The van der Waals surface area contributed by atoms with Crippen molar-refractivity contribution >= 4 is 24.1 Å². The topological polar surface area (TPSA) is 98.8 Å². The van der Waals surface area contributed by atoms with Crippen molar-refractivity contribution in [2.75, 3.05) is 20.1 Å². The molecule has 1 aromatic rings. The van der Waals surface area contributed by atoms with E-state index in [2.05, 4.69) is 10.6 Å². The molecule has 1 heterocycles. The highest BCUT2D eigenvalue weighted by Crippen LogP contribution is 2.22. The van der Waals surface area contributed by atoms with E-state index in [0.717, 1.165) is 18.4 Å². The Labute approximate surface area is 202 Å². The fourth-order valence-electron chi connectivity index (χ4n) is 4.37. The number of nitrogens with zero attached hydrogens (tertiary/aromatic N) is 2. The molecular weight excluding hydrogens is 432 g/mol. The summed E-state index contributed by atoms with van der Waals surface area (Å²) in [5.74, 6) is -0.502. The molecule has 1 unspecified atom stereocenters. The van der Waals surface area contributed by atoms with Gasteiger partial charge in [-0.05, 0) is 44.6 Å². The molecule has 0 aliphatic carbocycles. The Morgan fingerprint density at radius 1 is 1.18 bits per heavy atom. The molecular formula is C26H38N4O4. The van der Waals surface area contributed by atoms with Crippen LogP contribution in [0, 0.1) is 5.92 Å². The van der Waals surface area contributed by atoms with Crippen LogP contribution in [0.2, 0.25) is 0 Å². The van der Waals surface area contributed by atoms with Crippen LogP contribution in [-0.2, 0) is 25.6 Å². The van der Waals surface area contributed by atoms with Gasteiger partial charge in [0.15, 0.2) is 0 Å². The standard InChI is InChI=1S/C26H38N4O4/c1-18(2)23(29(5)24(32)16-27-17-31)14-19(3)26(34)30-13-9-12-22(30)25(33)28-20(4)15-21-10-7-6-8-11-21/h6-8,10-11,14,17-18,20,22-23H,9,12-13,15-16H2,1-5H3,(H,27,31)(H,28,33)/b19-14+/t20?,22-,23+/m0/s1. The molecule has 1 fully saturated rings. The molecule has 1 aromatic carbocycles. The normalized spacial score (nSPS) is 17.8. The molecule has 4 amide bonds. The number of likely N-dealkylation sites (N-methyl/N-ethyl adjacent to an activating group) is 1. The maximum Gasteiger partial charge on any atom is 0.249 e. The summed E-state index contributed by atoms with van der Waals surface area (Å²) in [6, 6.07) is 9.12. The van der Waals surface area contributed by atoms with Crippen LogP contribution in [0.3, 0.4) is 0 Å². The zero-order chi connectivity index (χ0) is 25.3. The summed E-state index contributed by atoms with van der Waals surface area (Å²) < 4.78 is 0. The molecule has 0 spiro atoms. The predicted octanol–water partition coefficient (Wildman–Crippen LogP) is 1.90. The number of carbonyl (C=O) groups excluding carboxylic acids is 4. The number of rotatable bonds is 11. The van der Waals surface area contributed by atoms with Gasteiger partial charge in [0.05, 0.1) is 12.6 Å². The first-order valence-corrected chi connectivity index (χ1v) is 11.9. The predicted molar refractivity (Wildman–Crippen MR) is 132 cm³/mol. The lowest BCUT2D eigenvalue weighted by Crippen LogP contribution is -2.49. The maximum absolute atomic E-state index is 13.3. The highest BCUT2D eigenvalue weighted by molar-refractivity contribution is 5.97. The number of carbonyl (C=O) groups is 4. The van der Waals surface area contributed by atoms with E-state index in [1.807, 2.05) is 51.1 Å². The number of hydrogen-bond donors (Lipinski definition) is 2. The van der Waals surface area contributed by atoms with Crippen molar-refractivity contribution in [3.63, 3.8) is 0 Å². The average molecular weight is 471 g/mol. The molecule has 8 heteroatoms. The van der Waals surface area contributed by atoms with Crippen LogP contribution >= 0.6 is 0 Å². The number of likely N-dealkylation sites (tertiary alicyclic amines) is 1. The smallest absolute Gasteiger partial charge is 0.249 e. The van der Waals surface area contributed by atoms with Crippen molar-refractivity contribution in [3.05, 3.63) is 47.5 Å². The van der Waals surface area contributed by atoms with Crippen LogP contribution in [0.5, 0.6) is 0 Å². The molecule has 1 aliphatic rings. The summed E-state index contributed by atoms with van der Waals surface area (Å²) in [5, 5.41) is 5.45. The molecule has 0 aromatic heterocycles. The molecule has 8 nitrogen and oxygen atoms in total. The molecule has 0 saturated carbocycles. The second-order valence-electron chi connectivity index (χ2n) is 9.34. The number of amides is 4. The van der Waals surface area contributed by atoms with Crippen LogP contribution < -0.4 is 10.6 Å². The van der Waals surface area contributed by atoms with Crippen LogP contribution in [0.1, 0.15) is 46.1 Å². The monoisotopic (exact) mass is 470 g/mol. The van der Waals surface area contributed by atoms with Crippen molar-refractivity contribution in [1.29, 1.82) is 0 Å². The zero-order valence-electron chi connectivity index (χ0n) is 20.9. The molecule has 3 atom stereocenters. The summed E-state index contributed by atoms with van der Waals surface area (Å²) >= 11 is 0.